The molecule has 0 aromatic heterocycles. The van der Waals surface area contributed by atoms with E-state index in [1.165, 1.54) is 12.1 Å². The Morgan fingerprint density at radius 3 is 3.13 bits per heavy atom. The first-order valence-corrected chi connectivity index (χ1v) is 4.99. The molecular formula is C10H7ClFN3. The van der Waals surface area contributed by atoms with Gasteiger partial charge in [-0.1, -0.05) is 0 Å². The largest absolute Gasteiger partial charge is 0.299 e. The van der Waals surface area contributed by atoms with E-state index in [1.54, 1.807) is 11.0 Å². The molecule has 0 unspecified atom stereocenters. The number of benzene rings is 1. The monoisotopic (exact) mass is 223 g/mol. The van der Waals surface area contributed by atoms with E-state index in [1.807, 2.05) is 0 Å². The molecule has 2 heterocycles. The van der Waals surface area contributed by atoms with Gasteiger partial charge in [0.1, 0.15) is 11.7 Å². The van der Waals surface area contributed by atoms with E-state index in [0.29, 0.717) is 24.1 Å². The van der Waals surface area contributed by atoms with Crippen LogP contribution < -0.4 is 0 Å². The summed E-state index contributed by atoms with van der Waals surface area (Å²) in [6.07, 6.45) is 0. The average molecular weight is 224 g/mol. The van der Waals surface area contributed by atoms with E-state index in [0.717, 1.165) is 11.4 Å². The summed E-state index contributed by atoms with van der Waals surface area (Å²) in [5.41, 5.74) is 1.40. The van der Waals surface area contributed by atoms with Crippen molar-refractivity contribution in [2.24, 2.45) is 9.98 Å². The van der Waals surface area contributed by atoms with Gasteiger partial charge in [0.25, 0.3) is 0 Å². The number of aliphatic imine (C=N–C) groups is 2. The zero-order valence-electron chi connectivity index (χ0n) is 7.74. The third-order valence-corrected chi connectivity index (χ3v) is 2.76. The maximum absolute atomic E-state index is 13.1. The Morgan fingerprint density at radius 2 is 2.27 bits per heavy atom. The highest BCUT2D eigenvalue weighted by molar-refractivity contribution is 6.66. The van der Waals surface area contributed by atoms with Crippen LogP contribution in [0, 0.1) is 5.82 Å². The summed E-state index contributed by atoms with van der Waals surface area (Å²) in [6.45, 7) is 1.39. The first kappa shape index (κ1) is 8.85. The fraction of sp³-hybridized carbons (Fsp3) is 0.200. The number of fused-ring (bicyclic) bond motifs is 3. The Bertz CT molecular complexity index is 495. The van der Waals surface area contributed by atoms with Crippen LogP contribution in [-0.2, 0) is 0 Å². The molecule has 0 saturated heterocycles. The molecule has 0 atom stereocenters. The van der Waals surface area contributed by atoms with E-state index < -0.39 is 0 Å². The van der Waals surface area contributed by atoms with Gasteiger partial charge in [0.15, 0.2) is 0 Å². The van der Waals surface area contributed by atoms with Crippen molar-refractivity contribution in [3.05, 3.63) is 29.6 Å². The van der Waals surface area contributed by atoms with Crippen molar-refractivity contribution < 1.29 is 4.39 Å². The molecule has 1 aromatic carbocycles. The Hall–Kier alpha value is -1.42. The molecule has 2 aliphatic rings. The number of nitrogens with zero attached hydrogens (tertiary/aromatic N) is 3. The Kier molecular flexibility index (Phi) is 1.79. The van der Waals surface area contributed by atoms with Gasteiger partial charge in [0, 0.05) is 12.1 Å². The molecule has 0 aliphatic carbocycles. The minimum atomic E-state index is -0.281. The van der Waals surface area contributed by atoms with Crippen LogP contribution in [0.4, 0.5) is 10.1 Å². The lowest BCUT2D eigenvalue weighted by Gasteiger charge is -2.23. The van der Waals surface area contributed by atoms with Crippen LogP contribution in [0.2, 0.25) is 0 Å². The quantitative estimate of drug-likeness (QED) is 0.620. The minimum absolute atomic E-state index is 0.281. The van der Waals surface area contributed by atoms with Gasteiger partial charge in [-0.3, -0.25) is 9.89 Å². The van der Waals surface area contributed by atoms with Gasteiger partial charge in [0.2, 0.25) is 5.29 Å². The molecule has 0 amide bonds. The molecule has 5 heteroatoms. The standard InChI is InChI=1S/C10H7ClFN3/c11-10-14-8-2-1-6(12)5-7(8)9-13-3-4-15(9)10/h1-2,5H,3-4H2. The Balaban J connectivity index is 2.25. The highest BCUT2D eigenvalue weighted by Gasteiger charge is 2.28. The molecule has 0 saturated carbocycles. The van der Waals surface area contributed by atoms with E-state index >= 15 is 0 Å². The van der Waals surface area contributed by atoms with E-state index in [-0.39, 0.29) is 5.82 Å². The second-order valence-electron chi connectivity index (χ2n) is 3.40. The summed E-state index contributed by atoms with van der Waals surface area (Å²) >= 11 is 5.99. The molecule has 3 nitrogen and oxygen atoms in total. The lowest BCUT2D eigenvalue weighted by Crippen LogP contribution is -2.34. The van der Waals surface area contributed by atoms with Crippen molar-refractivity contribution in [3.63, 3.8) is 0 Å². The van der Waals surface area contributed by atoms with Crippen molar-refractivity contribution in [2.45, 2.75) is 0 Å². The zero-order chi connectivity index (χ0) is 10.4. The normalized spacial score (nSPS) is 18.1. The lowest BCUT2D eigenvalue weighted by molar-refractivity contribution is 0.625. The SMILES string of the molecule is Fc1ccc2c(c1)C1=NCCN1C(Cl)=N2. The first-order valence-electron chi connectivity index (χ1n) is 4.62. The van der Waals surface area contributed by atoms with E-state index in [2.05, 4.69) is 9.98 Å². The van der Waals surface area contributed by atoms with Crippen LogP contribution in [0.25, 0.3) is 0 Å². The van der Waals surface area contributed by atoms with Crippen LogP contribution in [0.15, 0.2) is 28.2 Å². The molecule has 15 heavy (non-hydrogen) atoms. The molecule has 0 fully saturated rings. The zero-order valence-corrected chi connectivity index (χ0v) is 8.50. The summed E-state index contributed by atoms with van der Waals surface area (Å²) in [4.78, 5) is 10.3. The van der Waals surface area contributed by atoms with Crippen molar-refractivity contribution in [1.29, 1.82) is 0 Å². The van der Waals surface area contributed by atoms with Gasteiger partial charge in [-0.05, 0) is 29.8 Å². The molecule has 0 bridgehead atoms. The lowest BCUT2D eigenvalue weighted by atomic mass is 10.1. The molecule has 0 spiro atoms. The molecule has 0 N–H and O–H groups in total. The second kappa shape index (κ2) is 3.03. The molecule has 76 valence electrons. The Morgan fingerprint density at radius 1 is 1.40 bits per heavy atom. The Labute approximate surface area is 90.9 Å². The van der Waals surface area contributed by atoms with E-state index in [4.69, 9.17) is 11.6 Å². The summed E-state index contributed by atoms with van der Waals surface area (Å²) < 4.78 is 13.1. The maximum Gasteiger partial charge on any atom is 0.204 e. The van der Waals surface area contributed by atoms with Crippen molar-refractivity contribution in [2.75, 3.05) is 13.1 Å². The fourth-order valence-corrected chi connectivity index (χ4v) is 2.06. The predicted molar refractivity (Wildman–Crippen MR) is 57.5 cm³/mol. The van der Waals surface area contributed by atoms with Crippen molar-refractivity contribution >= 4 is 28.4 Å². The van der Waals surface area contributed by atoms with Gasteiger partial charge in [0.05, 0.1) is 12.2 Å². The van der Waals surface area contributed by atoms with Crippen LogP contribution in [0.3, 0.4) is 0 Å². The second-order valence-corrected chi connectivity index (χ2v) is 3.74. The summed E-state index contributed by atoms with van der Waals surface area (Å²) in [7, 11) is 0. The molecule has 2 aliphatic heterocycles. The number of amidine groups is 2. The highest BCUT2D eigenvalue weighted by atomic mass is 35.5. The fourth-order valence-electron chi connectivity index (χ4n) is 1.80. The summed E-state index contributed by atoms with van der Waals surface area (Å²) in [6, 6.07) is 4.43. The molecule has 1 aromatic rings. The van der Waals surface area contributed by atoms with Crippen LogP contribution in [0.5, 0.6) is 0 Å². The topological polar surface area (TPSA) is 28.0 Å². The molecule has 3 rings (SSSR count). The van der Waals surface area contributed by atoms with Gasteiger partial charge >= 0.3 is 0 Å². The minimum Gasteiger partial charge on any atom is -0.299 e. The number of hydrogen-bond acceptors (Lipinski definition) is 3. The number of halogens is 2. The smallest absolute Gasteiger partial charge is 0.204 e. The van der Waals surface area contributed by atoms with Gasteiger partial charge < -0.3 is 0 Å². The van der Waals surface area contributed by atoms with Crippen LogP contribution >= 0.6 is 11.6 Å². The van der Waals surface area contributed by atoms with Crippen molar-refractivity contribution in [3.8, 4) is 0 Å². The van der Waals surface area contributed by atoms with E-state index in [9.17, 15) is 4.39 Å². The predicted octanol–water partition coefficient (Wildman–Crippen LogP) is 2.13. The maximum atomic E-state index is 13.1. The average Bonchev–Trinajstić information content (AvgIpc) is 2.69. The third-order valence-electron chi connectivity index (χ3n) is 2.48. The summed E-state index contributed by atoms with van der Waals surface area (Å²) in [5.74, 6) is 0.445. The van der Waals surface area contributed by atoms with Gasteiger partial charge in [-0.2, -0.15) is 0 Å². The van der Waals surface area contributed by atoms with Crippen LogP contribution in [0.1, 0.15) is 5.56 Å². The molecular weight excluding hydrogens is 217 g/mol. The first-order chi connectivity index (χ1) is 7.25. The van der Waals surface area contributed by atoms with Crippen molar-refractivity contribution in [1.82, 2.24) is 4.90 Å². The number of rotatable bonds is 0. The van der Waals surface area contributed by atoms with Crippen LogP contribution in [-0.4, -0.2) is 29.1 Å². The molecule has 0 radical (unpaired) electrons. The third kappa shape index (κ3) is 1.25. The van der Waals surface area contributed by atoms with Gasteiger partial charge in [-0.15, -0.1) is 0 Å². The highest BCUT2D eigenvalue weighted by Crippen LogP contribution is 2.29. The van der Waals surface area contributed by atoms with Gasteiger partial charge in [-0.25, -0.2) is 9.38 Å². The summed E-state index contributed by atoms with van der Waals surface area (Å²) in [5, 5.41) is 0.408. The number of hydrogen-bond donors (Lipinski definition) is 0.